The van der Waals surface area contributed by atoms with Gasteiger partial charge < -0.3 is 0 Å². The molecular formula is C17H26ClN. The lowest BCUT2D eigenvalue weighted by atomic mass is 9.86. The van der Waals surface area contributed by atoms with Gasteiger partial charge in [0.15, 0.2) is 0 Å². The van der Waals surface area contributed by atoms with Gasteiger partial charge in [-0.1, -0.05) is 51.5 Å². The topological polar surface area (TPSA) is 3.24 Å². The van der Waals surface area contributed by atoms with Crippen molar-refractivity contribution in [3.05, 3.63) is 35.4 Å². The lowest BCUT2D eigenvalue weighted by Crippen LogP contribution is -2.40. The van der Waals surface area contributed by atoms with Crippen LogP contribution in [-0.4, -0.2) is 23.4 Å². The molecule has 2 heteroatoms. The third-order valence-corrected chi connectivity index (χ3v) is 4.34. The Morgan fingerprint density at radius 2 is 1.79 bits per heavy atom. The van der Waals surface area contributed by atoms with Crippen molar-refractivity contribution < 1.29 is 0 Å². The monoisotopic (exact) mass is 279 g/mol. The molecule has 2 rings (SSSR count). The summed E-state index contributed by atoms with van der Waals surface area (Å²) < 4.78 is 0. The molecule has 106 valence electrons. The Morgan fingerprint density at radius 1 is 1.16 bits per heavy atom. The summed E-state index contributed by atoms with van der Waals surface area (Å²) in [6, 6.07) is 9.87. The van der Waals surface area contributed by atoms with Crippen molar-refractivity contribution in [2.45, 2.75) is 58.0 Å². The van der Waals surface area contributed by atoms with Crippen LogP contribution in [0.1, 0.15) is 51.2 Å². The predicted octanol–water partition coefficient (Wildman–Crippen LogP) is 4.58. The average molecular weight is 280 g/mol. The Hall–Kier alpha value is -0.530. The first-order chi connectivity index (χ1) is 9.00. The van der Waals surface area contributed by atoms with Crippen molar-refractivity contribution in [1.29, 1.82) is 0 Å². The largest absolute Gasteiger partial charge is 0.295 e. The smallest absolute Gasteiger partial charge is 0.0351 e. The molecule has 0 radical (unpaired) electrons. The summed E-state index contributed by atoms with van der Waals surface area (Å²) >= 11 is 5.93. The third-order valence-electron chi connectivity index (χ3n) is 4.17. The zero-order valence-corrected chi connectivity index (χ0v) is 13.2. The van der Waals surface area contributed by atoms with Crippen molar-refractivity contribution in [3.63, 3.8) is 0 Å². The minimum Gasteiger partial charge on any atom is -0.295 e. The molecule has 0 saturated heterocycles. The Labute approximate surface area is 123 Å². The molecule has 0 heterocycles. The molecule has 0 aromatic heterocycles. The quantitative estimate of drug-likeness (QED) is 0.713. The van der Waals surface area contributed by atoms with Crippen LogP contribution in [0.5, 0.6) is 0 Å². The molecule has 0 amide bonds. The maximum absolute atomic E-state index is 5.93. The molecule has 0 atom stereocenters. The van der Waals surface area contributed by atoms with Crippen LogP contribution in [0.4, 0.5) is 0 Å². The van der Waals surface area contributed by atoms with E-state index in [0.29, 0.717) is 0 Å². The zero-order valence-electron chi connectivity index (χ0n) is 12.5. The highest BCUT2D eigenvalue weighted by Gasteiger charge is 2.24. The Balaban J connectivity index is 2.00. The number of benzene rings is 1. The van der Waals surface area contributed by atoms with Crippen LogP contribution in [-0.2, 0) is 12.0 Å². The van der Waals surface area contributed by atoms with Crippen LogP contribution >= 0.6 is 11.6 Å². The summed E-state index contributed by atoms with van der Waals surface area (Å²) in [5.41, 5.74) is 3.05. The van der Waals surface area contributed by atoms with E-state index in [0.717, 1.165) is 25.0 Å². The van der Waals surface area contributed by atoms with Gasteiger partial charge in [-0.25, -0.2) is 0 Å². The molecular weight excluding hydrogens is 254 g/mol. The van der Waals surface area contributed by atoms with Crippen LogP contribution in [0.25, 0.3) is 0 Å². The van der Waals surface area contributed by atoms with Gasteiger partial charge in [0.1, 0.15) is 0 Å². The number of rotatable bonds is 5. The minimum atomic E-state index is 0.238. The van der Waals surface area contributed by atoms with E-state index in [1.165, 1.54) is 30.4 Å². The number of alkyl halides is 1. The van der Waals surface area contributed by atoms with Gasteiger partial charge >= 0.3 is 0 Å². The van der Waals surface area contributed by atoms with Gasteiger partial charge in [-0.2, -0.15) is 0 Å². The van der Waals surface area contributed by atoms with E-state index in [1.54, 1.807) is 0 Å². The summed E-state index contributed by atoms with van der Waals surface area (Å²) in [6.45, 7) is 8.83. The van der Waals surface area contributed by atoms with Crippen molar-refractivity contribution in [2.75, 3.05) is 12.4 Å². The van der Waals surface area contributed by atoms with E-state index in [1.807, 2.05) is 0 Å². The van der Waals surface area contributed by atoms with Crippen LogP contribution in [0.15, 0.2) is 24.3 Å². The van der Waals surface area contributed by atoms with Gasteiger partial charge in [0.05, 0.1) is 0 Å². The van der Waals surface area contributed by atoms with Crippen molar-refractivity contribution in [3.8, 4) is 0 Å². The fourth-order valence-electron chi connectivity index (χ4n) is 2.60. The summed E-state index contributed by atoms with van der Waals surface area (Å²) in [6.07, 6.45) is 4.07. The molecule has 1 aliphatic rings. The molecule has 1 saturated carbocycles. The SMILES string of the molecule is CC(C)(C)c1ccc(CN(CCCl)C2CCC2)cc1. The maximum Gasteiger partial charge on any atom is 0.0351 e. The van der Waals surface area contributed by atoms with Crippen LogP contribution in [0.3, 0.4) is 0 Å². The van der Waals surface area contributed by atoms with Crippen LogP contribution in [0, 0.1) is 0 Å². The fraction of sp³-hybridized carbons (Fsp3) is 0.647. The van der Waals surface area contributed by atoms with E-state index in [-0.39, 0.29) is 5.41 Å². The van der Waals surface area contributed by atoms with Gasteiger partial charge in [-0.3, -0.25) is 4.90 Å². The van der Waals surface area contributed by atoms with Crippen molar-refractivity contribution >= 4 is 11.6 Å². The van der Waals surface area contributed by atoms with Gasteiger partial charge in [0, 0.05) is 25.0 Å². The van der Waals surface area contributed by atoms with Gasteiger partial charge in [-0.15, -0.1) is 11.6 Å². The summed E-state index contributed by atoms with van der Waals surface area (Å²) in [7, 11) is 0. The van der Waals surface area contributed by atoms with Crippen LogP contribution in [0.2, 0.25) is 0 Å². The van der Waals surface area contributed by atoms with E-state index < -0.39 is 0 Å². The van der Waals surface area contributed by atoms with E-state index >= 15 is 0 Å². The first kappa shape index (κ1) is 14.9. The molecule has 0 bridgehead atoms. The van der Waals surface area contributed by atoms with Gasteiger partial charge in [-0.05, 0) is 29.4 Å². The maximum atomic E-state index is 5.93. The lowest BCUT2D eigenvalue weighted by molar-refractivity contribution is 0.127. The highest BCUT2D eigenvalue weighted by molar-refractivity contribution is 6.18. The van der Waals surface area contributed by atoms with E-state index in [4.69, 9.17) is 11.6 Å². The first-order valence-corrected chi connectivity index (χ1v) is 7.93. The number of halogens is 1. The molecule has 1 nitrogen and oxygen atoms in total. The molecule has 1 aromatic rings. The minimum absolute atomic E-state index is 0.238. The third kappa shape index (κ3) is 3.97. The summed E-state index contributed by atoms with van der Waals surface area (Å²) in [5.74, 6) is 0.733. The molecule has 0 spiro atoms. The number of hydrogen-bond acceptors (Lipinski definition) is 1. The second kappa shape index (κ2) is 6.28. The molecule has 0 unspecified atom stereocenters. The molecule has 1 aromatic carbocycles. The van der Waals surface area contributed by atoms with E-state index in [2.05, 4.69) is 49.9 Å². The lowest BCUT2D eigenvalue weighted by Gasteiger charge is -2.37. The average Bonchev–Trinajstić information content (AvgIpc) is 2.26. The number of nitrogens with zero attached hydrogens (tertiary/aromatic N) is 1. The van der Waals surface area contributed by atoms with E-state index in [9.17, 15) is 0 Å². The van der Waals surface area contributed by atoms with Crippen molar-refractivity contribution in [2.24, 2.45) is 0 Å². The molecule has 0 N–H and O–H groups in total. The molecule has 0 aliphatic heterocycles. The first-order valence-electron chi connectivity index (χ1n) is 7.40. The van der Waals surface area contributed by atoms with Crippen LogP contribution < -0.4 is 0 Å². The standard InChI is InChI=1S/C17H26ClN/c1-17(2,3)15-9-7-14(8-10-15)13-19(12-11-18)16-5-4-6-16/h7-10,16H,4-6,11-13H2,1-3H3. The molecule has 1 aliphatic carbocycles. The Bertz CT molecular complexity index is 387. The zero-order chi connectivity index (χ0) is 13.9. The highest BCUT2D eigenvalue weighted by atomic mass is 35.5. The van der Waals surface area contributed by atoms with Gasteiger partial charge in [0.2, 0.25) is 0 Å². The Kier molecular flexibility index (Phi) is 4.92. The van der Waals surface area contributed by atoms with Gasteiger partial charge in [0.25, 0.3) is 0 Å². The second-order valence-corrected chi connectivity index (χ2v) is 7.07. The predicted molar refractivity (Wildman–Crippen MR) is 83.9 cm³/mol. The number of hydrogen-bond donors (Lipinski definition) is 0. The fourth-order valence-corrected chi connectivity index (χ4v) is 2.81. The molecule has 1 fully saturated rings. The summed E-state index contributed by atoms with van der Waals surface area (Å²) in [4.78, 5) is 2.54. The Morgan fingerprint density at radius 3 is 2.21 bits per heavy atom. The summed E-state index contributed by atoms with van der Waals surface area (Å²) in [5, 5.41) is 0. The highest BCUT2D eigenvalue weighted by Crippen LogP contribution is 2.27. The van der Waals surface area contributed by atoms with Crippen molar-refractivity contribution in [1.82, 2.24) is 4.90 Å². The normalized spacial score (nSPS) is 16.7. The second-order valence-electron chi connectivity index (χ2n) is 6.69. The molecule has 19 heavy (non-hydrogen) atoms.